The Hall–Kier alpha value is -4.03. The number of hydrogen-bond donors (Lipinski definition) is 2. The van der Waals surface area contributed by atoms with Gasteiger partial charge in [-0.15, -0.1) is 0 Å². The van der Waals surface area contributed by atoms with Gasteiger partial charge in [0.15, 0.2) is 5.69 Å². The number of nitrogens with zero attached hydrogens (tertiary/aromatic N) is 5. The van der Waals surface area contributed by atoms with Crippen molar-refractivity contribution in [2.24, 2.45) is 7.05 Å². The molecule has 3 heterocycles. The van der Waals surface area contributed by atoms with E-state index in [4.69, 9.17) is 20.9 Å². The molecule has 4 aromatic rings. The van der Waals surface area contributed by atoms with Crippen LogP contribution in [0.2, 0.25) is 5.02 Å². The molecule has 11 nitrogen and oxygen atoms in total. The summed E-state index contributed by atoms with van der Waals surface area (Å²) in [5.74, 6) is -3.23. The van der Waals surface area contributed by atoms with Crippen molar-refractivity contribution in [3.05, 3.63) is 86.9 Å². The number of methoxy groups -OCH3 is 1. The molecule has 13 heteroatoms. The minimum atomic E-state index is -0.834. The highest BCUT2D eigenvalue weighted by Gasteiger charge is 2.31. The summed E-state index contributed by atoms with van der Waals surface area (Å²) >= 11 is 6.50. The second-order valence-electron chi connectivity index (χ2n) is 8.36. The Morgan fingerprint density at radius 3 is 2.84 bits per heavy atom. The maximum absolute atomic E-state index is 14.3. The van der Waals surface area contributed by atoms with Crippen LogP contribution in [0.5, 0.6) is 5.75 Å². The van der Waals surface area contributed by atoms with Gasteiger partial charge in [-0.1, -0.05) is 23.7 Å². The topological polar surface area (TPSA) is 137 Å². The highest BCUT2D eigenvalue weighted by molar-refractivity contribution is 6.31. The number of ether oxygens (including phenoxy) is 1. The summed E-state index contributed by atoms with van der Waals surface area (Å²) in [5.41, 5.74) is 0.0275. The second kappa shape index (κ2) is 10.9. The molecule has 0 saturated carbocycles. The number of amides is 1. The predicted molar refractivity (Wildman–Crippen MR) is 131 cm³/mol. The number of rotatable bonds is 9. The molecule has 0 unspecified atom stereocenters. The van der Waals surface area contributed by atoms with Gasteiger partial charge in [-0.25, -0.2) is 9.37 Å². The lowest BCUT2D eigenvalue weighted by Crippen LogP contribution is -2.29. The first kappa shape index (κ1) is 26.0. The normalized spacial score (nSPS) is 12.9. The van der Waals surface area contributed by atoms with E-state index in [1.807, 2.05) is 0 Å². The number of carbonyl (C=O) groups is 1. The van der Waals surface area contributed by atoms with Gasteiger partial charge in [-0.3, -0.25) is 18.8 Å². The van der Waals surface area contributed by atoms with Crippen molar-refractivity contribution in [2.75, 3.05) is 19.0 Å². The summed E-state index contributed by atoms with van der Waals surface area (Å²) < 4.78 is 27.0. The first-order valence-corrected chi connectivity index (χ1v) is 11.6. The molecule has 0 radical (unpaired) electrons. The zero-order valence-corrected chi connectivity index (χ0v) is 20.9. The van der Waals surface area contributed by atoms with Crippen molar-refractivity contribution in [2.45, 2.75) is 25.3 Å². The maximum Gasteiger partial charge on any atom is 0.296 e. The molecule has 0 aliphatic carbocycles. The summed E-state index contributed by atoms with van der Waals surface area (Å²) in [6.07, 6.45) is 5.83. The molecule has 2 atom stereocenters. The lowest BCUT2D eigenvalue weighted by Gasteiger charge is -2.26. The predicted octanol–water partition coefficient (Wildman–Crippen LogP) is 3.30. The highest BCUT2D eigenvalue weighted by Crippen LogP contribution is 2.40. The first-order chi connectivity index (χ1) is 17.7. The van der Waals surface area contributed by atoms with Gasteiger partial charge in [0, 0.05) is 37.2 Å². The van der Waals surface area contributed by atoms with Crippen LogP contribution < -0.4 is 10.9 Å². The lowest BCUT2D eigenvalue weighted by atomic mass is 9.82. The molecular weight excluding hydrogens is 507 g/mol. The number of halogens is 2. The van der Waals surface area contributed by atoms with E-state index in [-0.39, 0.29) is 11.5 Å². The molecule has 2 N–H and O–H groups in total. The second-order valence-corrected chi connectivity index (χ2v) is 8.77. The molecule has 0 bridgehead atoms. The van der Waals surface area contributed by atoms with Crippen molar-refractivity contribution < 1.29 is 23.6 Å². The average molecular weight is 531 g/mol. The molecule has 0 aliphatic rings. The van der Waals surface area contributed by atoms with Crippen LogP contribution >= 0.6 is 11.6 Å². The van der Waals surface area contributed by atoms with E-state index >= 15 is 0 Å². The molecule has 0 saturated heterocycles. The van der Waals surface area contributed by atoms with Gasteiger partial charge in [0.1, 0.15) is 23.6 Å². The van der Waals surface area contributed by atoms with Crippen LogP contribution in [-0.2, 0) is 18.3 Å². The summed E-state index contributed by atoms with van der Waals surface area (Å²) in [7, 11) is 3.00. The average Bonchev–Trinajstić information content (AvgIpc) is 3.56. The summed E-state index contributed by atoms with van der Waals surface area (Å²) in [6.45, 7) is 2.68. The van der Waals surface area contributed by atoms with Crippen molar-refractivity contribution in [3.8, 4) is 5.75 Å². The van der Waals surface area contributed by atoms with Gasteiger partial charge in [0.2, 0.25) is 5.75 Å². The smallest absolute Gasteiger partial charge is 0.296 e. The van der Waals surface area contributed by atoms with E-state index in [1.165, 1.54) is 37.7 Å². The van der Waals surface area contributed by atoms with Gasteiger partial charge in [-0.2, -0.15) is 5.10 Å². The minimum Gasteiger partial charge on any atom is -0.501 e. The standard InChI is InChI=1S/C24H24ClFN6O5/c1-13(22-30-20(21(33)24(35)31(22)2)23(34)29-16-10-28-37-12-16)19(17-8-15(26)4-5-18(17)25)14-9-27-32(11-14)6-7-36-3/h4-5,8-13,19,33H,6-7H2,1-3H3,(H,29,34)/t13-,19+/m1/s1. The Morgan fingerprint density at radius 2 is 2.14 bits per heavy atom. The monoisotopic (exact) mass is 530 g/mol. The number of aromatic nitrogens is 5. The van der Waals surface area contributed by atoms with Crippen LogP contribution in [-0.4, -0.2) is 49.2 Å². The zero-order chi connectivity index (χ0) is 26.7. The molecule has 0 fully saturated rings. The lowest BCUT2D eigenvalue weighted by molar-refractivity contribution is 0.101. The SMILES string of the molecule is COCCn1cc([C@@H](c2cc(F)ccc2Cl)[C@@H](C)c2nc(C(=O)Nc3cnoc3)c(O)c(=O)n2C)cn1. The molecule has 194 valence electrons. The Balaban J connectivity index is 1.82. The quantitative estimate of drug-likeness (QED) is 0.336. The highest BCUT2D eigenvalue weighted by atomic mass is 35.5. The fraction of sp³-hybridized carbons (Fsp3) is 0.292. The van der Waals surface area contributed by atoms with Crippen LogP contribution in [0.4, 0.5) is 10.1 Å². The van der Waals surface area contributed by atoms with Gasteiger partial charge >= 0.3 is 0 Å². The summed E-state index contributed by atoms with van der Waals surface area (Å²) in [6, 6.07) is 4.01. The van der Waals surface area contributed by atoms with Gasteiger partial charge < -0.3 is 19.7 Å². The number of anilines is 1. The fourth-order valence-electron chi connectivity index (χ4n) is 4.12. The molecular formula is C24H24ClFN6O5. The molecule has 37 heavy (non-hydrogen) atoms. The number of aromatic hydroxyl groups is 1. The fourth-order valence-corrected chi connectivity index (χ4v) is 4.35. The van der Waals surface area contributed by atoms with Crippen LogP contribution in [0.25, 0.3) is 0 Å². The summed E-state index contributed by atoms with van der Waals surface area (Å²) in [4.78, 5) is 30.1. The van der Waals surface area contributed by atoms with Crippen molar-refractivity contribution in [1.82, 2.24) is 24.5 Å². The number of nitrogens with one attached hydrogen (secondary N) is 1. The van der Waals surface area contributed by atoms with E-state index in [0.29, 0.717) is 29.3 Å². The van der Waals surface area contributed by atoms with E-state index in [1.54, 1.807) is 31.1 Å². The van der Waals surface area contributed by atoms with Gasteiger partial charge in [-0.05, 0) is 29.3 Å². The number of benzene rings is 1. The first-order valence-electron chi connectivity index (χ1n) is 11.2. The Kier molecular flexibility index (Phi) is 7.69. The Bertz CT molecular complexity index is 1470. The minimum absolute atomic E-state index is 0.160. The molecule has 1 aromatic carbocycles. The van der Waals surface area contributed by atoms with Gasteiger partial charge in [0.25, 0.3) is 11.5 Å². The third-order valence-electron chi connectivity index (χ3n) is 5.94. The summed E-state index contributed by atoms with van der Waals surface area (Å²) in [5, 5.41) is 21.1. The maximum atomic E-state index is 14.3. The van der Waals surface area contributed by atoms with E-state index in [9.17, 15) is 19.1 Å². The molecule has 3 aromatic heterocycles. The third kappa shape index (κ3) is 5.39. The largest absolute Gasteiger partial charge is 0.501 e. The van der Waals surface area contributed by atoms with Crippen molar-refractivity contribution in [1.29, 1.82) is 0 Å². The van der Waals surface area contributed by atoms with E-state index < -0.39 is 40.6 Å². The third-order valence-corrected chi connectivity index (χ3v) is 6.29. The number of hydrogen-bond acceptors (Lipinski definition) is 8. The van der Waals surface area contributed by atoms with E-state index in [0.717, 1.165) is 4.57 Å². The molecule has 0 spiro atoms. The Morgan fingerprint density at radius 1 is 1.35 bits per heavy atom. The molecule has 1 amide bonds. The molecule has 0 aliphatic heterocycles. The molecule has 4 rings (SSSR count). The van der Waals surface area contributed by atoms with Crippen LogP contribution in [0, 0.1) is 5.82 Å². The number of carbonyl (C=O) groups excluding carboxylic acids is 1. The van der Waals surface area contributed by atoms with Gasteiger partial charge in [0.05, 0.1) is 25.5 Å². The van der Waals surface area contributed by atoms with Crippen molar-refractivity contribution >= 4 is 23.2 Å². The van der Waals surface area contributed by atoms with Crippen LogP contribution in [0.15, 0.2) is 52.4 Å². The Labute approximate surface area is 215 Å². The zero-order valence-electron chi connectivity index (χ0n) is 20.2. The van der Waals surface area contributed by atoms with E-state index in [2.05, 4.69) is 20.6 Å². The van der Waals surface area contributed by atoms with Crippen molar-refractivity contribution in [3.63, 3.8) is 0 Å². The van der Waals surface area contributed by atoms with Crippen LogP contribution in [0.3, 0.4) is 0 Å². The van der Waals surface area contributed by atoms with Crippen LogP contribution in [0.1, 0.15) is 46.2 Å².